The number of thiocarbonyl (C=S) groups is 1. The first-order chi connectivity index (χ1) is 8.81. The molecule has 2 atom stereocenters. The molecule has 0 aromatic carbocycles. The molecule has 0 bridgehead atoms. The molecule has 0 spiro atoms. The second kappa shape index (κ2) is 7.26. The molecule has 2 fully saturated rings. The molecule has 5 heteroatoms. The number of nitrogens with zero attached hydrogens (tertiary/aromatic N) is 1. The van der Waals surface area contributed by atoms with Crippen LogP contribution in [-0.2, 0) is 4.74 Å². The molecule has 0 aromatic rings. The standard InChI is InChI=1S/C13H25N3OS/c1-2-17-10-4-7-14-13(18)15-11-6-9-16-8-3-5-12(11)16/h11-12H,2-10H2,1H3,(H2,14,15,18). The van der Waals surface area contributed by atoms with E-state index in [0.29, 0.717) is 12.1 Å². The molecule has 2 heterocycles. The van der Waals surface area contributed by atoms with E-state index in [1.807, 2.05) is 6.92 Å². The predicted octanol–water partition coefficient (Wildman–Crippen LogP) is 1.11. The zero-order chi connectivity index (χ0) is 12.8. The highest BCUT2D eigenvalue weighted by Crippen LogP contribution is 2.27. The van der Waals surface area contributed by atoms with Gasteiger partial charge < -0.3 is 15.4 Å². The fourth-order valence-corrected chi connectivity index (χ4v) is 3.24. The Kier molecular flexibility index (Phi) is 5.66. The third kappa shape index (κ3) is 3.80. The molecule has 2 aliphatic rings. The van der Waals surface area contributed by atoms with Gasteiger partial charge in [-0.2, -0.15) is 0 Å². The Balaban J connectivity index is 1.59. The van der Waals surface area contributed by atoms with Crippen LogP contribution in [0.15, 0.2) is 0 Å². The largest absolute Gasteiger partial charge is 0.382 e. The van der Waals surface area contributed by atoms with Crippen LogP contribution in [0.4, 0.5) is 0 Å². The molecule has 2 unspecified atom stereocenters. The first kappa shape index (κ1) is 14.0. The molecular formula is C13H25N3OS. The lowest BCUT2D eigenvalue weighted by Gasteiger charge is -2.22. The van der Waals surface area contributed by atoms with Crippen molar-refractivity contribution in [3.8, 4) is 0 Å². The van der Waals surface area contributed by atoms with Gasteiger partial charge in [-0.1, -0.05) is 0 Å². The Hall–Kier alpha value is -0.390. The molecule has 0 amide bonds. The summed E-state index contributed by atoms with van der Waals surface area (Å²) in [6.45, 7) is 7.03. The van der Waals surface area contributed by atoms with Crippen LogP contribution in [0.3, 0.4) is 0 Å². The van der Waals surface area contributed by atoms with Gasteiger partial charge in [0.15, 0.2) is 5.11 Å². The second-order valence-electron chi connectivity index (χ2n) is 5.09. The van der Waals surface area contributed by atoms with Gasteiger partial charge in [0, 0.05) is 38.4 Å². The zero-order valence-corrected chi connectivity index (χ0v) is 12.1. The molecule has 2 rings (SSSR count). The van der Waals surface area contributed by atoms with Gasteiger partial charge in [-0.05, 0) is 51.4 Å². The van der Waals surface area contributed by atoms with E-state index in [1.165, 1.54) is 32.4 Å². The molecule has 104 valence electrons. The molecule has 0 aliphatic carbocycles. The van der Waals surface area contributed by atoms with Crippen LogP contribution in [-0.4, -0.2) is 54.9 Å². The van der Waals surface area contributed by atoms with Crippen molar-refractivity contribution in [2.24, 2.45) is 0 Å². The quantitative estimate of drug-likeness (QED) is 0.559. The molecule has 0 radical (unpaired) electrons. The molecule has 4 nitrogen and oxygen atoms in total. The third-order valence-electron chi connectivity index (χ3n) is 3.88. The Labute approximate surface area is 115 Å². The third-order valence-corrected chi connectivity index (χ3v) is 4.14. The number of hydrogen-bond donors (Lipinski definition) is 2. The second-order valence-corrected chi connectivity index (χ2v) is 5.50. The summed E-state index contributed by atoms with van der Waals surface area (Å²) in [5, 5.41) is 7.56. The highest BCUT2D eigenvalue weighted by Gasteiger charge is 2.37. The topological polar surface area (TPSA) is 36.5 Å². The summed E-state index contributed by atoms with van der Waals surface area (Å²) in [5.41, 5.74) is 0. The summed E-state index contributed by atoms with van der Waals surface area (Å²) >= 11 is 5.35. The Morgan fingerprint density at radius 1 is 1.39 bits per heavy atom. The number of fused-ring (bicyclic) bond motifs is 1. The van der Waals surface area contributed by atoms with E-state index in [-0.39, 0.29) is 0 Å². The van der Waals surface area contributed by atoms with Gasteiger partial charge in [-0.25, -0.2) is 0 Å². The van der Waals surface area contributed by atoms with Crippen molar-refractivity contribution < 1.29 is 4.74 Å². The summed E-state index contributed by atoms with van der Waals surface area (Å²) in [5.74, 6) is 0. The Morgan fingerprint density at radius 3 is 3.11 bits per heavy atom. The smallest absolute Gasteiger partial charge is 0.166 e. The number of ether oxygens (including phenoxy) is 1. The van der Waals surface area contributed by atoms with Crippen molar-refractivity contribution in [1.82, 2.24) is 15.5 Å². The van der Waals surface area contributed by atoms with Gasteiger partial charge >= 0.3 is 0 Å². The van der Waals surface area contributed by atoms with E-state index in [9.17, 15) is 0 Å². The summed E-state index contributed by atoms with van der Waals surface area (Å²) in [7, 11) is 0. The average Bonchev–Trinajstić information content (AvgIpc) is 2.94. The normalized spacial score (nSPS) is 27.2. The maximum absolute atomic E-state index is 5.35. The van der Waals surface area contributed by atoms with Crippen molar-refractivity contribution in [1.29, 1.82) is 0 Å². The van der Waals surface area contributed by atoms with E-state index in [4.69, 9.17) is 17.0 Å². The molecule has 2 saturated heterocycles. The predicted molar refractivity (Wildman–Crippen MR) is 77.8 cm³/mol. The minimum atomic E-state index is 0.555. The van der Waals surface area contributed by atoms with Crippen molar-refractivity contribution in [3.05, 3.63) is 0 Å². The van der Waals surface area contributed by atoms with E-state index < -0.39 is 0 Å². The lowest BCUT2D eigenvalue weighted by Crippen LogP contribution is -2.46. The van der Waals surface area contributed by atoms with E-state index >= 15 is 0 Å². The summed E-state index contributed by atoms with van der Waals surface area (Å²) in [4.78, 5) is 2.59. The maximum atomic E-state index is 5.35. The van der Waals surface area contributed by atoms with Gasteiger partial charge in [0.25, 0.3) is 0 Å². The van der Waals surface area contributed by atoms with Crippen LogP contribution in [0.5, 0.6) is 0 Å². The fraction of sp³-hybridized carbons (Fsp3) is 0.923. The van der Waals surface area contributed by atoms with Gasteiger partial charge in [0.1, 0.15) is 0 Å². The van der Waals surface area contributed by atoms with Crippen LogP contribution >= 0.6 is 12.2 Å². The van der Waals surface area contributed by atoms with Crippen LogP contribution in [0.1, 0.15) is 32.6 Å². The van der Waals surface area contributed by atoms with Crippen LogP contribution in [0, 0.1) is 0 Å². The lowest BCUT2D eigenvalue weighted by atomic mass is 10.1. The van der Waals surface area contributed by atoms with Gasteiger partial charge in [0.2, 0.25) is 0 Å². The molecule has 2 aliphatic heterocycles. The van der Waals surface area contributed by atoms with Crippen molar-refractivity contribution in [3.63, 3.8) is 0 Å². The molecule has 2 N–H and O–H groups in total. The number of hydrogen-bond acceptors (Lipinski definition) is 3. The highest BCUT2D eigenvalue weighted by molar-refractivity contribution is 7.80. The van der Waals surface area contributed by atoms with E-state index in [1.54, 1.807) is 0 Å². The maximum Gasteiger partial charge on any atom is 0.166 e. The zero-order valence-electron chi connectivity index (χ0n) is 11.3. The number of nitrogens with one attached hydrogen (secondary N) is 2. The van der Waals surface area contributed by atoms with Crippen molar-refractivity contribution in [2.45, 2.75) is 44.7 Å². The summed E-state index contributed by atoms with van der Waals surface area (Å²) < 4.78 is 5.30. The monoisotopic (exact) mass is 271 g/mol. The highest BCUT2D eigenvalue weighted by atomic mass is 32.1. The van der Waals surface area contributed by atoms with Crippen LogP contribution in [0.25, 0.3) is 0 Å². The fourth-order valence-electron chi connectivity index (χ4n) is 2.99. The molecule has 0 saturated carbocycles. The van der Waals surface area contributed by atoms with Gasteiger partial charge in [-0.3, -0.25) is 4.90 Å². The van der Waals surface area contributed by atoms with Gasteiger partial charge in [-0.15, -0.1) is 0 Å². The molecular weight excluding hydrogens is 246 g/mol. The van der Waals surface area contributed by atoms with E-state index in [0.717, 1.165) is 31.3 Å². The SMILES string of the molecule is CCOCCCNC(=S)NC1CCN2CCCC12. The minimum Gasteiger partial charge on any atom is -0.382 e. The van der Waals surface area contributed by atoms with Gasteiger partial charge in [0.05, 0.1) is 0 Å². The lowest BCUT2D eigenvalue weighted by molar-refractivity contribution is 0.145. The van der Waals surface area contributed by atoms with Crippen LogP contribution < -0.4 is 10.6 Å². The van der Waals surface area contributed by atoms with Crippen molar-refractivity contribution >= 4 is 17.3 Å². The Morgan fingerprint density at radius 2 is 2.28 bits per heavy atom. The first-order valence-electron chi connectivity index (χ1n) is 7.17. The average molecular weight is 271 g/mol. The Bertz CT molecular complexity index is 275. The minimum absolute atomic E-state index is 0.555. The van der Waals surface area contributed by atoms with E-state index in [2.05, 4.69) is 15.5 Å². The van der Waals surface area contributed by atoms with Crippen LogP contribution in [0.2, 0.25) is 0 Å². The first-order valence-corrected chi connectivity index (χ1v) is 7.58. The summed E-state index contributed by atoms with van der Waals surface area (Å²) in [6, 6.07) is 1.27. The number of rotatable bonds is 6. The molecule has 0 aromatic heterocycles. The summed E-state index contributed by atoms with van der Waals surface area (Å²) in [6.07, 6.45) is 4.91. The van der Waals surface area contributed by atoms with Crippen molar-refractivity contribution in [2.75, 3.05) is 32.8 Å². The molecule has 18 heavy (non-hydrogen) atoms.